The minimum Gasteiger partial charge on any atom is -0.355 e. The Hall–Kier alpha value is -4.58. The fourth-order valence-electron chi connectivity index (χ4n) is 4.68. The second-order valence-electron chi connectivity index (χ2n) is 10.2. The maximum absolute atomic E-state index is 13.3. The number of amides is 3. The van der Waals surface area contributed by atoms with E-state index in [0.717, 1.165) is 46.7 Å². The minimum absolute atomic E-state index is 0.0858. The Kier molecular flexibility index (Phi) is 10.5. The number of nitrogens with one attached hydrogen (secondary N) is 2. The zero-order valence-electron chi connectivity index (χ0n) is 24.3. The highest BCUT2D eigenvalue weighted by molar-refractivity contribution is 6.09. The van der Waals surface area contributed by atoms with Gasteiger partial charge in [0.25, 0.3) is 5.91 Å². The Bertz CT molecular complexity index is 1420. The predicted octanol–water partition coefficient (Wildman–Crippen LogP) is 8.49. The molecule has 4 aromatic carbocycles. The smallest absolute Gasteiger partial charge is 0.321 e. The number of anilines is 4. The molecular weight excluding hydrogens is 508 g/mol. The van der Waals surface area contributed by atoms with E-state index in [-0.39, 0.29) is 11.9 Å². The van der Waals surface area contributed by atoms with Crippen molar-refractivity contribution >= 4 is 34.7 Å². The van der Waals surface area contributed by atoms with Crippen molar-refractivity contribution in [2.75, 3.05) is 35.8 Å². The van der Waals surface area contributed by atoms with Crippen molar-refractivity contribution in [3.8, 4) is 11.1 Å². The first-order valence-corrected chi connectivity index (χ1v) is 14.4. The summed E-state index contributed by atoms with van der Waals surface area (Å²) in [7, 11) is 3.58. The third-order valence-electron chi connectivity index (χ3n) is 7.20. The van der Waals surface area contributed by atoms with Crippen LogP contribution in [-0.2, 0) is 0 Å². The lowest BCUT2D eigenvalue weighted by molar-refractivity contribution is 0.0994. The maximum atomic E-state index is 13.3. The van der Waals surface area contributed by atoms with Crippen LogP contribution in [0.5, 0.6) is 0 Å². The molecule has 0 saturated heterocycles. The quantitative estimate of drug-likeness (QED) is 0.175. The maximum Gasteiger partial charge on any atom is 0.321 e. The van der Waals surface area contributed by atoms with Gasteiger partial charge >= 0.3 is 6.03 Å². The molecule has 0 aliphatic rings. The molecule has 0 heterocycles. The van der Waals surface area contributed by atoms with Crippen molar-refractivity contribution in [1.82, 2.24) is 5.32 Å². The number of benzene rings is 4. The third-order valence-corrected chi connectivity index (χ3v) is 7.20. The molecule has 0 aliphatic heterocycles. The number of carbonyl (C=O) groups is 2. The molecule has 2 N–H and O–H groups in total. The summed E-state index contributed by atoms with van der Waals surface area (Å²) in [5.41, 5.74) is 5.95. The summed E-state index contributed by atoms with van der Waals surface area (Å²) >= 11 is 0. The lowest BCUT2D eigenvalue weighted by Crippen LogP contribution is -2.37. The molecule has 0 unspecified atom stereocenters. The van der Waals surface area contributed by atoms with E-state index < -0.39 is 0 Å². The van der Waals surface area contributed by atoms with E-state index in [1.165, 1.54) is 19.3 Å². The summed E-state index contributed by atoms with van der Waals surface area (Å²) < 4.78 is 0. The van der Waals surface area contributed by atoms with Crippen molar-refractivity contribution in [1.29, 1.82) is 0 Å². The molecule has 0 atom stereocenters. The van der Waals surface area contributed by atoms with Crippen LogP contribution in [-0.4, -0.2) is 32.6 Å². The van der Waals surface area contributed by atoms with Crippen LogP contribution in [0.25, 0.3) is 11.1 Å². The normalized spacial score (nSPS) is 10.6. The van der Waals surface area contributed by atoms with E-state index in [2.05, 4.69) is 17.6 Å². The van der Waals surface area contributed by atoms with E-state index in [1.807, 2.05) is 103 Å². The van der Waals surface area contributed by atoms with Crippen molar-refractivity contribution in [3.63, 3.8) is 0 Å². The van der Waals surface area contributed by atoms with Crippen LogP contribution >= 0.6 is 0 Å². The van der Waals surface area contributed by atoms with Crippen molar-refractivity contribution in [2.24, 2.45) is 0 Å². The van der Waals surface area contributed by atoms with Gasteiger partial charge in [-0.25, -0.2) is 4.79 Å². The van der Waals surface area contributed by atoms with Crippen LogP contribution in [0.4, 0.5) is 27.5 Å². The molecule has 0 aliphatic carbocycles. The van der Waals surface area contributed by atoms with Gasteiger partial charge in [0.1, 0.15) is 0 Å². The number of nitrogens with zero attached hydrogens (tertiary/aromatic N) is 2. The molecule has 3 amide bonds. The van der Waals surface area contributed by atoms with E-state index in [4.69, 9.17) is 0 Å². The SMILES string of the molecule is CCCCCCCNC(=O)N(C)c1cccc(-c2ccc(Nc3ccccc3C(=O)N(C)c3ccccc3)cc2)c1. The summed E-state index contributed by atoms with van der Waals surface area (Å²) in [5, 5.41) is 6.44. The molecule has 6 nitrogen and oxygen atoms in total. The molecule has 6 heteroatoms. The average Bonchev–Trinajstić information content (AvgIpc) is 3.02. The number of unbranched alkanes of at least 4 members (excludes halogenated alkanes) is 4. The van der Waals surface area contributed by atoms with Gasteiger partial charge in [-0.15, -0.1) is 0 Å². The fourth-order valence-corrected chi connectivity index (χ4v) is 4.68. The summed E-state index contributed by atoms with van der Waals surface area (Å²) in [6, 6.07) is 33.1. The fraction of sp³-hybridized carbons (Fsp3) is 0.257. The Balaban J connectivity index is 1.41. The van der Waals surface area contributed by atoms with Crippen LogP contribution in [0.15, 0.2) is 103 Å². The second kappa shape index (κ2) is 14.7. The molecule has 0 saturated carbocycles. The standard InChI is InChI=1S/C35H40N4O2/c1-4-5-6-7-13-25-36-35(41)39(3)31-18-14-15-28(26-31)27-21-23-29(24-22-27)37-33-20-12-11-19-32(33)34(40)38(2)30-16-9-8-10-17-30/h8-12,14-24,26,37H,4-7,13,25H2,1-3H3,(H,36,41). The number of para-hydroxylation sites is 2. The van der Waals surface area contributed by atoms with Gasteiger partial charge in [-0.1, -0.05) is 87.2 Å². The lowest BCUT2D eigenvalue weighted by atomic mass is 10.0. The monoisotopic (exact) mass is 548 g/mol. The predicted molar refractivity (Wildman–Crippen MR) is 171 cm³/mol. The molecule has 0 fully saturated rings. The number of hydrogen-bond donors (Lipinski definition) is 2. The van der Waals surface area contributed by atoms with Gasteiger partial charge in [0.15, 0.2) is 0 Å². The van der Waals surface area contributed by atoms with E-state index in [0.29, 0.717) is 12.1 Å². The van der Waals surface area contributed by atoms with Gasteiger partial charge in [0.05, 0.1) is 11.3 Å². The Morgan fingerprint density at radius 3 is 2.10 bits per heavy atom. The first-order chi connectivity index (χ1) is 20.0. The Morgan fingerprint density at radius 2 is 1.34 bits per heavy atom. The highest BCUT2D eigenvalue weighted by Crippen LogP contribution is 2.28. The van der Waals surface area contributed by atoms with Crippen molar-refractivity contribution in [2.45, 2.75) is 39.0 Å². The number of carbonyl (C=O) groups excluding carboxylic acids is 2. The highest BCUT2D eigenvalue weighted by atomic mass is 16.2. The second-order valence-corrected chi connectivity index (χ2v) is 10.2. The zero-order chi connectivity index (χ0) is 29.0. The van der Waals surface area contributed by atoms with E-state index in [9.17, 15) is 9.59 Å². The Morgan fingerprint density at radius 1 is 0.659 bits per heavy atom. The zero-order valence-corrected chi connectivity index (χ0v) is 24.3. The van der Waals surface area contributed by atoms with Gasteiger partial charge in [-0.05, 0) is 66.1 Å². The van der Waals surface area contributed by atoms with Crippen LogP contribution in [0, 0.1) is 0 Å². The topological polar surface area (TPSA) is 64.7 Å². The van der Waals surface area contributed by atoms with Gasteiger partial charge in [-0.2, -0.15) is 0 Å². The van der Waals surface area contributed by atoms with Crippen LogP contribution in [0.1, 0.15) is 49.4 Å². The van der Waals surface area contributed by atoms with Crippen molar-refractivity contribution in [3.05, 3.63) is 109 Å². The average molecular weight is 549 g/mol. The first-order valence-electron chi connectivity index (χ1n) is 14.4. The van der Waals surface area contributed by atoms with Gasteiger partial charge in [0.2, 0.25) is 0 Å². The summed E-state index contributed by atoms with van der Waals surface area (Å²) in [6.07, 6.45) is 5.83. The van der Waals surface area contributed by atoms with Gasteiger partial charge in [0, 0.05) is 37.7 Å². The molecule has 212 valence electrons. The van der Waals surface area contributed by atoms with E-state index >= 15 is 0 Å². The minimum atomic E-state index is -0.0942. The van der Waals surface area contributed by atoms with Crippen LogP contribution in [0.2, 0.25) is 0 Å². The van der Waals surface area contributed by atoms with E-state index in [1.54, 1.807) is 23.9 Å². The van der Waals surface area contributed by atoms with Gasteiger partial charge in [-0.3, -0.25) is 9.69 Å². The number of urea groups is 1. The van der Waals surface area contributed by atoms with Gasteiger partial charge < -0.3 is 15.5 Å². The molecule has 41 heavy (non-hydrogen) atoms. The molecule has 0 bridgehead atoms. The van der Waals surface area contributed by atoms with Crippen LogP contribution < -0.4 is 20.4 Å². The number of hydrogen-bond acceptors (Lipinski definition) is 3. The molecular formula is C35H40N4O2. The first kappa shape index (κ1) is 29.4. The summed E-state index contributed by atoms with van der Waals surface area (Å²) in [4.78, 5) is 29.3. The molecule has 0 radical (unpaired) electrons. The molecule has 4 rings (SSSR count). The lowest BCUT2D eigenvalue weighted by Gasteiger charge is -2.20. The molecule has 0 spiro atoms. The summed E-state index contributed by atoms with van der Waals surface area (Å²) in [6.45, 7) is 2.89. The molecule has 0 aromatic heterocycles. The number of rotatable bonds is 12. The highest BCUT2D eigenvalue weighted by Gasteiger charge is 2.17. The summed E-state index contributed by atoms with van der Waals surface area (Å²) in [5.74, 6) is -0.0858. The third kappa shape index (κ3) is 7.98. The molecule has 4 aromatic rings. The van der Waals surface area contributed by atoms with Crippen molar-refractivity contribution < 1.29 is 9.59 Å². The van der Waals surface area contributed by atoms with Crippen LogP contribution in [0.3, 0.4) is 0 Å². The largest absolute Gasteiger partial charge is 0.355 e. The Labute approximate surface area is 244 Å².